The maximum absolute atomic E-state index is 13.3. The van der Waals surface area contributed by atoms with Gasteiger partial charge in [0.2, 0.25) is 0 Å². The normalized spacial score (nSPS) is 12.7. The Kier molecular flexibility index (Phi) is 6.87. The number of amides is 1. The molecule has 3 aromatic rings. The lowest BCUT2D eigenvalue weighted by Crippen LogP contribution is -3.09. The van der Waals surface area contributed by atoms with Crippen molar-refractivity contribution in [2.24, 2.45) is 0 Å². The van der Waals surface area contributed by atoms with Crippen LogP contribution in [-0.2, 0) is 11.3 Å². The summed E-state index contributed by atoms with van der Waals surface area (Å²) in [5.41, 5.74) is 2.79. The maximum atomic E-state index is 13.3. The summed E-state index contributed by atoms with van der Waals surface area (Å²) in [6.07, 6.45) is 0. The fraction of sp³-hybridized carbons (Fsp3) is 0.208. The van der Waals surface area contributed by atoms with E-state index in [4.69, 9.17) is 9.47 Å². The third kappa shape index (κ3) is 5.36. The van der Waals surface area contributed by atoms with Crippen LogP contribution in [0.5, 0.6) is 11.5 Å². The first-order valence-corrected chi connectivity index (χ1v) is 9.56. The van der Waals surface area contributed by atoms with Gasteiger partial charge in [-0.25, -0.2) is 0 Å². The van der Waals surface area contributed by atoms with Crippen LogP contribution in [0.25, 0.3) is 0 Å². The molecule has 0 saturated carbocycles. The minimum absolute atomic E-state index is 0.0650. The van der Waals surface area contributed by atoms with Crippen molar-refractivity contribution in [3.8, 4) is 11.5 Å². The first-order valence-electron chi connectivity index (χ1n) is 9.56. The molecule has 0 aliphatic heterocycles. The van der Waals surface area contributed by atoms with Crippen molar-refractivity contribution < 1.29 is 19.2 Å². The number of rotatable bonds is 8. The number of anilines is 1. The van der Waals surface area contributed by atoms with E-state index in [0.717, 1.165) is 21.8 Å². The number of quaternary nitrogens is 1. The summed E-state index contributed by atoms with van der Waals surface area (Å²) in [4.78, 5) is 14.3. The van der Waals surface area contributed by atoms with Gasteiger partial charge in [-0.1, -0.05) is 48.5 Å². The van der Waals surface area contributed by atoms with Gasteiger partial charge < -0.3 is 19.7 Å². The van der Waals surface area contributed by atoms with E-state index in [-0.39, 0.29) is 11.9 Å². The van der Waals surface area contributed by atoms with Crippen LogP contribution >= 0.6 is 0 Å². The summed E-state index contributed by atoms with van der Waals surface area (Å²) in [6, 6.07) is 24.8. The number of likely N-dealkylation sites (N-methyl/N-ethyl adjacent to an activating group) is 1. The Balaban J connectivity index is 1.84. The molecule has 29 heavy (non-hydrogen) atoms. The van der Waals surface area contributed by atoms with Crippen molar-refractivity contribution in [2.75, 3.05) is 26.6 Å². The van der Waals surface area contributed by atoms with Crippen molar-refractivity contribution in [3.05, 3.63) is 90.0 Å². The predicted molar refractivity (Wildman–Crippen MR) is 114 cm³/mol. The monoisotopic (exact) mass is 391 g/mol. The van der Waals surface area contributed by atoms with Crippen molar-refractivity contribution in [1.82, 2.24) is 0 Å². The lowest BCUT2D eigenvalue weighted by Gasteiger charge is -2.25. The van der Waals surface area contributed by atoms with Gasteiger partial charge in [0.05, 0.1) is 21.3 Å². The molecule has 0 bridgehead atoms. The fourth-order valence-corrected chi connectivity index (χ4v) is 3.43. The Labute approximate surface area is 171 Å². The van der Waals surface area contributed by atoms with Gasteiger partial charge in [0.15, 0.2) is 6.04 Å². The standard InChI is InChI=1S/C24H26N2O3/c1-26(17-18-9-7-13-21(15-18)28-2)23(19-10-5-4-6-11-19)24(27)25-20-12-8-14-22(16-20)29-3/h4-16,23H,17H2,1-3H3,(H,25,27)/p+1/t23-/m1/s1. The second-order valence-electron chi connectivity index (χ2n) is 6.94. The van der Waals surface area contributed by atoms with Crippen molar-refractivity contribution in [1.29, 1.82) is 0 Å². The zero-order chi connectivity index (χ0) is 20.6. The molecule has 5 nitrogen and oxygen atoms in total. The van der Waals surface area contributed by atoms with Gasteiger partial charge in [-0.15, -0.1) is 0 Å². The summed E-state index contributed by atoms with van der Waals surface area (Å²) in [7, 11) is 5.30. The van der Waals surface area contributed by atoms with E-state index < -0.39 is 0 Å². The van der Waals surface area contributed by atoms with Crippen LogP contribution in [-0.4, -0.2) is 27.2 Å². The zero-order valence-electron chi connectivity index (χ0n) is 17.0. The number of nitrogens with one attached hydrogen (secondary N) is 2. The maximum Gasteiger partial charge on any atom is 0.287 e. The van der Waals surface area contributed by atoms with E-state index in [0.29, 0.717) is 18.0 Å². The third-order valence-corrected chi connectivity index (χ3v) is 4.84. The largest absolute Gasteiger partial charge is 0.497 e. The highest BCUT2D eigenvalue weighted by Crippen LogP contribution is 2.19. The minimum atomic E-state index is -0.367. The van der Waals surface area contributed by atoms with Gasteiger partial charge in [-0.2, -0.15) is 0 Å². The van der Waals surface area contributed by atoms with Gasteiger partial charge in [0.25, 0.3) is 5.91 Å². The number of ether oxygens (including phenoxy) is 2. The number of carbonyl (C=O) groups is 1. The molecular formula is C24H27N2O3+. The van der Waals surface area contributed by atoms with Crippen LogP contribution in [0.15, 0.2) is 78.9 Å². The predicted octanol–water partition coefficient (Wildman–Crippen LogP) is 3.10. The van der Waals surface area contributed by atoms with E-state index in [1.54, 1.807) is 14.2 Å². The Morgan fingerprint density at radius 3 is 2.24 bits per heavy atom. The highest BCUT2D eigenvalue weighted by Gasteiger charge is 2.29. The molecule has 0 saturated heterocycles. The number of methoxy groups -OCH3 is 2. The zero-order valence-corrected chi connectivity index (χ0v) is 17.0. The van der Waals surface area contributed by atoms with Crippen molar-refractivity contribution in [2.45, 2.75) is 12.6 Å². The Hall–Kier alpha value is -3.31. The molecule has 0 heterocycles. The van der Waals surface area contributed by atoms with E-state index >= 15 is 0 Å². The third-order valence-electron chi connectivity index (χ3n) is 4.84. The average Bonchev–Trinajstić information content (AvgIpc) is 2.75. The lowest BCUT2D eigenvalue weighted by molar-refractivity contribution is -0.915. The average molecular weight is 391 g/mol. The van der Waals surface area contributed by atoms with Crippen LogP contribution in [0.4, 0.5) is 5.69 Å². The quantitative estimate of drug-likeness (QED) is 0.620. The van der Waals surface area contributed by atoms with Crippen LogP contribution in [0.2, 0.25) is 0 Å². The molecular weight excluding hydrogens is 364 g/mol. The minimum Gasteiger partial charge on any atom is -0.497 e. The molecule has 5 heteroatoms. The Bertz CT molecular complexity index is 944. The van der Waals surface area contributed by atoms with Crippen LogP contribution in [0.3, 0.4) is 0 Å². The highest BCUT2D eigenvalue weighted by molar-refractivity contribution is 5.94. The molecule has 2 atom stereocenters. The summed E-state index contributed by atoms with van der Waals surface area (Å²) in [5.74, 6) is 1.45. The van der Waals surface area contributed by atoms with E-state index in [2.05, 4.69) is 5.32 Å². The molecule has 1 amide bonds. The van der Waals surface area contributed by atoms with Crippen molar-refractivity contribution >= 4 is 11.6 Å². The van der Waals surface area contributed by atoms with E-state index in [9.17, 15) is 4.79 Å². The summed E-state index contributed by atoms with van der Waals surface area (Å²) >= 11 is 0. The molecule has 0 fully saturated rings. The van der Waals surface area contributed by atoms with Gasteiger partial charge in [0.1, 0.15) is 18.0 Å². The first-order chi connectivity index (χ1) is 14.1. The van der Waals surface area contributed by atoms with Crippen molar-refractivity contribution in [3.63, 3.8) is 0 Å². The molecule has 0 aromatic heterocycles. The smallest absolute Gasteiger partial charge is 0.287 e. The molecule has 0 aliphatic carbocycles. The Morgan fingerprint density at radius 2 is 1.55 bits per heavy atom. The molecule has 150 valence electrons. The lowest BCUT2D eigenvalue weighted by atomic mass is 10.0. The van der Waals surface area contributed by atoms with Gasteiger partial charge in [-0.05, 0) is 24.3 Å². The van der Waals surface area contributed by atoms with E-state index in [1.807, 2.05) is 85.9 Å². The Morgan fingerprint density at radius 1 is 0.897 bits per heavy atom. The molecule has 3 rings (SSSR count). The number of carbonyl (C=O) groups excluding carboxylic acids is 1. The molecule has 0 radical (unpaired) electrons. The van der Waals surface area contributed by atoms with Gasteiger partial charge in [-0.3, -0.25) is 4.79 Å². The van der Waals surface area contributed by atoms with Gasteiger partial charge in [0, 0.05) is 22.9 Å². The van der Waals surface area contributed by atoms with Crippen LogP contribution in [0, 0.1) is 0 Å². The topological polar surface area (TPSA) is 52.0 Å². The second-order valence-corrected chi connectivity index (χ2v) is 6.94. The van der Waals surface area contributed by atoms with Crippen LogP contribution < -0.4 is 19.7 Å². The SMILES string of the molecule is COc1cccc(C[NH+](C)[C@@H](C(=O)Nc2cccc(OC)c2)c2ccccc2)c1. The fourth-order valence-electron chi connectivity index (χ4n) is 3.43. The summed E-state index contributed by atoms with van der Waals surface area (Å²) in [6.45, 7) is 0.683. The van der Waals surface area contributed by atoms with Crippen LogP contribution in [0.1, 0.15) is 17.2 Å². The molecule has 1 unspecified atom stereocenters. The number of hydrogen-bond acceptors (Lipinski definition) is 3. The molecule has 0 aliphatic rings. The summed E-state index contributed by atoms with van der Waals surface area (Å²) in [5, 5.41) is 3.04. The second kappa shape index (κ2) is 9.75. The number of benzene rings is 3. The molecule has 0 spiro atoms. The first kappa shape index (κ1) is 20.4. The highest BCUT2D eigenvalue weighted by atomic mass is 16.5. The summed E-state index contributed by atoms with van der Waals surface area (Å²) < 4.78 is 10.6. The molecule has 2 N–H and O–H groups in total. The molecule has 3 aromatic carbocycles. The van der Waals surface area contributed by atoms with E-state index in [1.165, 1.54) is 0 Å². The van der Waals surface area contributed by atoms with Gasteiger partial charge >= 0.3 is 0 Å². The number of hydrogen-bond donors (Lipinski definition) is 2.